The van der Waals surface area contributed by atoms with E-state index in [-0.39, 0.29) is 36.3 Å². The highest BCUT2D eigenvalue weighted by molar-refractivity contribution is 5.95. The number of halogens is 2. The fraction of sp³-hybridized carbons (Fsp3) is 0.172. The summed E-state index contributed by atoms with van der Waals surface area (Å²) < 4.78 is 6.12. The molecule has 3 aromatic carbocycles. The molecule has 4 aromatic rings. The minimum Gasteiger partial charge on any atom is -0.478 e. The molecule has 1 aromatic heterocycles. The van der Waals surface area contributed by atoms with E-state index >= 15 is 0 Å². The van der Waals surface area contributed by atoms with Crippen LogP contribution in [0.25, 0.3) is 22.4 Å². The number of nitrogens with zero attached hydrogens (tertiary/aromatic N) is 1. The highest BCUT2D eigenvalue weighted by Gasteiger charge is 2.16. The van der Waals surface area contributed by atoms with E-state index in [1.807, 2.05) is 69.3 Å². The van der Waals surface area contributed by atoms with E-state index in [1.165, 1.54) is 0 Å². The van der Waals surface area contributed by atoms with Crippen LogP contribution in [0.2, 0.25) is 0 Å². The zero-order valence-corrected chi connectivity index (χ0v) is 22.0. The Morgan fingerprint density at radius 1 is 0.944 bits per heavy atom. The highest BCUT2D eigenvalue weighted by Crippen LogP contribution is 2.31. The summed E-state index contributed by atoms with van der Waals surface area (Å²) in [6.07, 6.45) is 0. The minimum absolute atomic E-state index is 0. The summed E-state index contributed by atoms with van der Waals surface area (Å²) in [5, 5.41) is 9.78. The number of carbonyl (C=O) groups is 1. The number of pyridine rings is 1. The molecule has 3 N–H and O–H groups in total. The van der Waals surface area contributed by atoms with Gasteiger partial charge in [0, 0.05) is 18.2 Å². The van der Waals surface area contributed by atoms with Crippen LogP contribution in [0.3, 0.4) is 0 Å². The van der Waals surface area contributed by atoms with Crippen molar-refractivity contribution in [1.82, 2.24) is 4.98 Å². The van der Waals surface area contributed by atoms with Crippen LogP contribution in [-0.4, -0.2) is 16.1 Å². The molecule has 0 saturated heterocycles. The van der Waals surface area contributed by atoms with Crippen LogP contribution < -0.4 is 10.5 Å². The standard InChI is InChI=1S/C29H28N2O3.2ClH/c1-18(2)21-10-11-25(26(16-21)29(32)33)27-8-5-9-28(31-27)34-24-13-19(3)12-23(15-24)22-7-4-6-20(14-22)17-30;;/h4-16,18H,17,30H2,1-3H3,(H,32,33);2*1H. The third-order valence-electron chi connectivity index (χ3n) is 5.71. The van der Waals surface area contributed by atoms with Gasteiger partial charge in [0.15, 0.2) is 0 Å². The number of carboxylic acids is 1. The molecule has 0 radical (unpaired) electrons. The van der Waals surface area contributed by atoms with Crippen molar-refractivity contribution in [2.45, 2.75) is 33.2 Å². The first-order valence-electron chi connectivity index (χ1n) is 11.3. The van der Waals surface area contributed by atoms with Gasteiger partial charge in [0.2, 0.25) is 5.88 Å². The van der Waals surface area contributed by atoms with E-state index in [2.05, 4.69) is 17.1 Å². The summed E-state index contributed by atoms with van der Waals surface area (Å²) in [5.41, 5.74) is 12.3. The van der Waals surface area contributed by atoms with E-state index < -0.39 is 5.97 Å². The van der Waals surface area contributed by atoms with Crippen molar-refractivity contribution in [3.8, 4) is 34.0 Å². The van der Waals surface area contributed by atoms with Crippen LogP contribution in [-0.2, 0) is 6.54 Å². The summed E-state index contributed by atoms with van der Waals surface area (Å²) in [6, 6.07) is 25.0. The van der Waals surface area contributed by atoms with Gasteiger partial charge in [-0.3, -0.25) is 0 Å². The monoisotopic (exact) mass is 524 g/mol. The Morgan fingerprint density at radius 2 is 1.69 bits per heavy atom. The SMILES string of the molecule is Cc1cc(Oc2cccc(-c3ccc(C(C)C)cc3C(=O)O)n2)cc(-c2cccc(CN)c2)c1.Cl.Cl. The van der Waals surface area contributed by atoms with Crippen LogP contribution in [0.15, 0.2) is 78.9 Å². The number of carboxylic acid groups (broad SMARTS) is 1. The Hall–Kier alpha value is -3.38. The molecule has 7 heteroatoms. The lowest BCUT2D eigenvalue weighted by atomic mass is 9.95. The molecule has 0 aliphatic carbocycles. The van der Waals surface area contributed by atoms with Gasteiger partial charge in [0.1, 0.15) is 5.75 Å². The van der Waals surface area contributed by atoms with Crippen molar-refractivity contribution < 1.29 is 14.6 Å². The van der Waals surface area contributed by atoms with Crippen molar-refractivity contribution in [2.24, 2.45) is 5.73 Å². The van der Waals surface area contributed by atoms with Gasteiger partial charge in [-0.05, 0) is 71.0 Å². The molecule has 36 heavy (non-hydrogen) atoms. The van der Waals surface area contributed by atoms with Gasteiger partial charge >= 0.3 is 5.97 Å². The van der Waals surface area contributed by atoms with Gasteiger partial charge < -0.3 is 15.6 Å². The lowest BCUT2D eigenvalue weighted by Crippen LogP contribution is -2.03. The van der Waals surface area contributed by atoms with Crippen molar-refractivity contribution in [3.63, 3.8) is 0 Å². The molecule has 0 spiro atoms. The first-order valence-corrected chi connectivity index (χ1v) is 11.3. The second-order valence-electron chi connectivity index (χ2n) is 8.67. The Bertz CT molecular complexity index is 1360. The zero-order valence-electron chi connectivity index (χ0n) is 20.4. The van der Waals surface area contributed by atoms with Crippen molar-refractivity contribution in [2.75, 3.05) is 0 Å². The molecular weight excluding hydrogens is 495 g/mol. The third kappa shape index (κ3) is 6.64. The summed E-state index contributed by atoms with van der Waals surface area (Å²) in [6.45, 7) is 6.57. The number of ether oxygens (including phenoxy) is 1. The number of nitrogens with two attached hydrogens (primary N) is 1. The Kier molecular flexibility index (Phi) is 10.1. The van der Waals surface area contributed by atoms with E-state index in [9.17, 15) is 9.90 Å². The van der Waals surface area contributed by atoms with Gasteiger partial charge in [-0.1, -0.05) is 56.3 Å². The quantitative estimate of drug-likeness (QED) is 0.259. The average Bonchev–Trinajstić information content (AvgIpc) is 2.83. The van der Waals surface area contributed by atoms with Gasteiger partial charge in [0.25, 0.3) is 0 Å². The molecule has 0 aliphatic rings. The molecule has 5 nitrogen and oxygen atoms in total. The summed E-state index contributed by atoms with van der Waals surface area (Å²) in [4.78, 5) is 16.5. The Morgan fingerprint density at radius 3 is 2.39 bits per heavy atom. The fourth-order valence-corrected chi connectivity index (χ4v) is 3.92. The number of hydrogen-bond acceptors (Lipinski definition) is 4. The molecule has 0 amide bonds. The maximum atomic E-state index is 11.9. The number of aromatic carboxylic acids is 1. The van der Waals surface area contributed by atoms with Crippen LogP contribution in [0.4, 0.5) is 0 Å². The van der Waals surface area contributed by atoms with E-state index in [4.69, 9.17) is 10.5 Å². The first-order chi connectivity index (χ1) is 16.3. The second-order valence-corrected chi connectivity index (χ2v) is 8.67. The Balaban J connectivity index is 0.00000228. The summed E-state index contributed by atoms with van der Waals surface area (Å²) in [7, 11) is 0. The molecule has 0 atom stereocenters. The molecule has 0 saturated carbocycles. The number of benzene rings is 3. The fourth-order valence-electron chi connectivity index (χ4n) is 3.92. The number of aryl methyl sites for hydroxylation is 1. The molecule has 0 fully saturated rings. The zero-order chi connectivity index (χ0) is 24.2. The maximum Gasteiger partial charge on any atom is 0.336 e. The number of aromatic nitrogens is 1. The van der Waals surface area contributed by atoms with E-state index in [0.717, 1.165) is 27.8 Å². The lowest BCUT2D eigenvalue weighted by Gasteiger charge is -2.13. The molecule has 1 heterocycles. The topological polar surface area (TPSA) is 85.4 Å². The van der Waals surface area contributed by atoms with Crippen molar-refractivity contribution >= 4 is 30.8 Å². The van der Waals surface area contributed by atoms with Gasteiger partial charge in [-0.2, -0.15) is 0 Å². The smallest absolute Gasteiger partial charge is 0.336 e. The first kappa shape index (κ1) is 28.9. The molecule has 4 rings (SSSR count). The maximum absolute atomic E-state index is 11.9. The second kappa shape index (κ2) is 12.5. The highest BCUT2D eigenvalue weighted by atomic mass is 35.5. The molecular formula is C29H30Cl2N2O3. The molecule has 0 aliphatic heterocycles. The van der Waals surface area contributed by atoms with E-state index in [0.29, 0.717) is 29.4 Å². The summed E-state index contributed by atoms with van der Waals surface area (Å²) in [5.74, 6) is 0.310. The molecule has 0 unspecified atom stereocenters. The molecule has 0 bridgehead atoms. The van der Waals surface area contributed by atoms with Crippen LogP contribution >= 0.6 is 24.8 Å². The van der Waals surface area contributed by atoms with Crippen LogP contribution in [0.1, 0.15) is 46.8 Å². The largest absolute Gasteiger partial charge is 0.478 e. The normalized spacial score (nSPS) is 10.4. The number of hydrogen-bond donors (Lipinski definition) is 2. The predicted octanol–water partition coefficient (Wildman–Crippen LogP) is 7.64. The van der Waals surface area contributed by atoms with Gasteiger partial charge in [0.05, 0.1) is 11.3 Å². The predicted molar refractivity (Wildman–Crippen MR) is 150 cm³/mol. The van der Waals surface area contributed by atoms with E-state index in [1.54, 1.807) is 18.2 Å². The van der Waals surface area contributed by atoms with Gasteiger partial charge in [-0.25, -0.2) is 9.78 Å². The van der Waals surface area contributed by atoms with Gasteiger partial charge in [-0.15, -0.1) is 24.8 Å². The summed E-state index contributed by atoms with van der Waals surface area (Å²) >= 11 is 0. The number of rotatable bonds is 7. The van der Waals surface area contributed by atoms with Crippen LogP contribution in [0.5, 0.6) is 11.6 Å². The van der Waals surface area contributed by atoms with Crippen molar-refractivity contribution in [3.05, 3.63) is 101 Å². The minimum atomic E-state index is -0.978. The van der Waals surface area contributed by atoms with Crippen molar-refractivity contribution in [1.29, 1.82) is 0 Å². The third-order valence-corrected chi connectivity index (χ3v) is 5.71. The average molecular weight is 525 g/mol. The Labute approximate surface area is 224 Å². The lowest BCUT2D eigenvalue weighted by molar-refractivity contribution is 0.0697. The molecule has 188 valence electrons. The van der Waals surface area contributed by atoms with Crippen LogP contribution in [0, 0.1) is 6.92 Å².